The monoisotopic (exact) mass is 344 g/mol. The highest BCUT2D eigenvalue weighted by Gasteiger charge is 2.28. The summed E-state index contributed by atoms with van der Waals surface area (Å²) in [6.07, 6.45) is 5.82. The number of methoxy groups -OCH3 is 1. The third kappa shape index (κ3) is 4.15. The molecule has 0 radical (unpaired) electrons. The number of piperidine rings is 1. The fourth-order valence-electron chi connectivity index (χ4n) is 3.49. The molecule has 25 heavy (non-hydrogen) atoms. The van der Waals surface area contributed by atoms with Gasteiger partial charge in [0.15, 0.2) is 0 Å². The van der Waals surface area contributed by atoms with Gasteiger partial charge in [-0.2, -0.15) is 0 Å². The van der Waals surface area contributed by atoms with Crippen molar-refractivity contribution in [3.63, 3.8) is 0 Å². The molecular weight excluding hydrogens is 316 g/mol. The lowest BCUT2D eigenvalue weighted by atomic mass is 9.98. The van der Waals surface area contributed by atoms with Crippen LogP contribution in [0.5, 0.6) is 5.75 Å². The van der Waals surface area contributed by atoms with E-state index in [1.165, 1.54) is 19.3 Å². The first kappa shape index (κ1) is 17.8. The van der Waals surface area contributed by atoms with Crippen LogP contribution in [0.2, 0.25) is 0 Å². The molecule has 0 atom stereocenters. The number of fused-ring (bicyclic) bond motifs is 1. The maximum atomic E-state index is 12.4. The van der Waals surface area contributed by atoms with Crippen molar-refractivity contribution in [2.24, 2.45) is 0 Å². The molecule has 1 aromatic carbocycles. The molecule has 1 amide bonds. The van der Waals surface area contributed by atoms with E-state index in [1.54, 1.807) is 13.4 Å². The number of hydrogen-bond donors (Lipinski definition) is 1. The second kappa shape index (κ2) is 7.48. The molecule has 1 aliphatic rings. The fourth-order valence-corrected chi connectivity index (χ4v) is 3.49. The van der Waals surface area contributed by atoms with E-state index in [0.29, 0.717) is 13.0 Å². The van der Waals surface area contributed by atoms with Crippen molar-refractivity contribution < 1.29 is 13.9 Å². The van der Waals surface area contributed by atoms with Crippen LogP contribution in [-0.2, 0) is 11.2 Å². The maximum absolute atomic E-state index is 12.4. The summed E-state index contributed by atoms with van der Waals surface area (Å²) >= 11 is 0. The minimum atomic E-state index is -0.0120. The molecule has 5 nitrogen and oxygen atoms in total. The van der Waals surface area contributed by atoms with Gasteiger partial charge in [0.2, 0.25) is 5.91 Å². The summed E-state index contributed by atoms with van der Waals surface area (Å²) in [6.45, 7) is 7.32. The molecule has 0 spiro atoms. The first-order valence-corrected chi connectivity index (χ1v) is 9.05. The van der Waals surface area contributed by atoms with Gasteiger partial charge in [-0.25, -0.2) is 0 Å². The Morgan fingerprint density at radius 1 is 1.28 bits per heavy atom. The van der Waals surface area contributed by atoms with Crippen molar-refractivity contribution in [1.29, 1.82) is 0 Å². The van der Waals surface area contributed by atoms with Gasteiger partial charge in [-0.15, -0.1) is 0 Å². The molecule has 5 heteroatoms. The Labute approximate surface area is 149 Å². The van der Waals surface area contributed by atoms with Crippen molar-refractivity contribution >= 4 is 16.9 Å². The molecule has 1 N–H and O–H groups in total. The summed E-state index contributed by atoms with van der Waals surface area (Å²) in [7, 11) is 1.63. The van der Waals surface area contributed by atoms with Crippen molar-refractivity contribution in [3.05, 3.63) is 30.0 Å². The first-order valence-electron chi connectivity index (χ1n) is 9.05. The van der Waals surface area contributed by atoms with Crippen LogP contribution in [-0.4, -0.2) is 43.1 Å². The van der Waals surface area contributed by atoms with Gasteiger partial charge in [0.1, 0.15) is 11.3 Å². The molecule has 3 rings (SSSR count). The summed E-state index contributed by atoms with van der Waals surface area (Å²) in [5.74, 6) is 0.782. The Bertz CT molecular complexity index is 730. The summed E-state index contributed by atoms with van der Waals surface area (Å²) < 4.78 is 10.8. The quantitative estimate of drug-likeness (QED) is 0.873. The van der Waals surface area contributed by atoms with Gasteiger partial charge < -0.3 is 14.5 Å². The highest BCUT2D eigenvalue weighted by Crippen LogP contribution is 2.26. The van der Waals surface area contributed by atoms with Gasteiger partial charge in [0.05, 0.1) is 19.8 Å². The fraction of sp³-hybridized carbons (Fsp3) is 0.550. The minimum Gasteiger partial charge on any atom is -0.497 e. The number of ether oxygens (including phenoxy) is 1. The van der Waals surface area contributed by atoms with Gasteiger partial charge >= 0.3 is 0 Å². The van der Waals surface area contributed by atoms with Gasteiger partial charge in [0, 0.05) is 29.1 Å². The van der Waals surface area contributed by atoms with Crippen molar-refractivity contribution in [3.8, 4) is 5.75 Å². The Morgan fingerprint density at radius 3 is 2.76 bits per heavy atom. The SMILES string of the molecule is COc1ccc2c(CC(=O)NCC(C)(C)N3CCCCC3)coc2c1. The molecule has 0 aliphatic carbocycles. The standard InChI is InChI=1S/C20H28N2O3/c1-20(2,22-9-5-4-6-10-22)14-21-19(23)11-15-13-25-18-12-16(24-3)7-8-17(15)18/h7-8,12-13H,4-6,9-11,14H2,1-3H3,(H,21,23). The molecule has 1 saturated heterocycles. The van der Waals surface area contributed by atoms with Crippen molar-refractivity contribution in [1.82, 2.24) is 10.2 Å². The van der Waals surface area contributed by atoms with Crippen LogP contribution in [0.3, 0.4) is 0 Å². The molecule has 2 heterocycles. The molecule has 2 aromatic rings. The van der Waals surface area contributed by atoms with E-state index in [9.17, 15) is 4.79 Å². The molecule has 0 unspecified atom stereocenters. The van der Waals surface area contributed by atoms with Crippen LogP contribution in [0.4, 0.5) is 0 Å². The zero-order valence-corrected chi connectivity index (χ0v) is 15.4. The van der Waals surface area contributed by atoms with E-state index in [2.05, 4.69) is 24.1 Å². The summed E-state index contributed by atoms with van der Waals surface area (Å²) in [5.41, 5.74) is 1.64. The average Bonchev–Trinajstić information content (AvgIpc) is 3.03. The van der Waals surface area contributed by atoms with Crippen LogP contribution in [0.15, 0.2) is 28.9 Å². The number of rotatable bonds is 6. The Balaban J connectivity index is 1.59. The number of carbonyl (C=O) groups excluding carboxylic acids is 1. The van der Waals surface area contributed by atoms with Crippen molar-refractivity contribution in [2.45, 2.75) is 45.1 Å². The highest BCUT2D eigenvalue weighted by atomic mass is 16.5. The van der Waals surface area contributed by atoms with Crippen LogP contribution in [0.25, 0.3) is 11.0 Å². The lowest BCUT2D eigenvalue weighted by Crippen LogP contribution is -2.53. The first-order chi connectivity index (χ1) is 12.0. The number of furan rings is 1. The predicted molar refractivity (Wildman–Crippen MR) is 99.0 cm³/mol. The number of hydrogen-bond acceptors (Lipinski definition) is 4. The second-order valence-electron chi connectivity index (χ2n) is 7.44. The Kier molecular flexibility index (Phi) is 5.33. The van der Waals surface area contributed by atoms with E-state index in [0.717, 1.165) is 35.4 Å². The third-order valence-electron chi connectivity index (χ3n) is 5.14. The molecule has 1 aromatic heterocycles. The highest BCUT2D eigenvalue weighted by molar-refractivity contribution is 5.88. The Hall–Kier alpha value is -2.01. The van der Waals surface area contributed by atoms with Crippen LogP contribution in [0.1, 0.15) is 38.7 Å². The molecule has 1 aliphatic heterocycles. The molecular formula is C20H28N2O3. The summed E-state index contributed by atoms with van der Waals surface area (Å²) in [5, 5.41) is 4.06. The van der Waals surface area contributed by atoms with Crippen LogP contribution < -0.4 is 10.1 Å². The van der Waals surface area contributed by atoms with E-state index in [4.69, 9.17) is 9.15 Å². The van der Waals surface area contributed by atoms with Crippen molar-refractivity contribution in [2.75, 3.05) is 26.7 Å². The zero-order valence-electron chi connectivity index (χ0n) is 15.4. The molecule has 0 bridgehead atoms. The smallest absolute Gasteiger partial charge is 0.224 e. The van der Waals surface area contributed by atoms with E-state index < -0.39 is 0 Å². The van der Waals surface area contributed by atoms with Gasteiger partial charge in [0.25, 0.3) is 0 Å². The average molecular weight is 344 g/mol. The molecule has 0 saturated carbocycles. The number of likely N-dealkylation sites (tertiary alicyclic amines) is 1. The number of nitrogens with one attached hydrogen (secondary N) is 1. The molecule has 136 valence electrons. The summed E-state index contributed by atoms with van der Waals surface area (Å²) in [4.78, 5) is 14.9. The number of carbonyl (C=O) groups is 1. The van der Waals surface area contributed by atoms with Gasteiger partial charge in [-0.1, -0.05) is 6.42 Å². The number of benzene rings is 1. The molecule has 1 fully saturated rings. The predicted octanol–water partition coefficient (Wildman–Crippen LogP) is 3.36. The minimum absolute atomic E-state index is 0.0120. The lowest BCUT2D eigenvalue weighted by molar-refractivity contribution is -0.121. The van der Waals surface area contributed by atoms with E-state index in [1.807, 2.05) is 18.2 Å². The Morgan fingerprint density at radius 2 is 2.04 bits per heavy atom. The van der Waals surface area contributed by atoms with E-state index >= 15 is 0 Å². The largest absolute Gasteiger partial charge is 0.497 e. The zero-order chi connectivity index (χ0) is 17.9. The maximum Gasteiger partial charge on any atom is 0.224 e. The number of nitrogens with zero attached hydrogens (tertiary/aromatic N) is 1. The van der Waals surface area contributed by atoms with Crippen LogP contribution >= 0.6 is 0 Å². The summed E-state index contributed by atoms with van der Waals surface area (Å²) in [6, 6.07) is 5.67. The van der Waals surface area contributed by atoms with Crippen LogP contribution in [0, 0.1) is 0 Å². The normalized spacial score (nSPS) is 16.1. The van der Waals surface area contributed by atoms with Gasteiger partial charge in [-0.3, -0.25) is 9.69 Å². The lowest BCUT2D eigenvalue weighted by Gasteiger charge is -2.41. The van der Waals surface area contributed by atoms with E-state index in [-0.39, 0.29) is 11.4 Å². The second-order valence-corrected chi connectivity index (χ2v) is 7.44. The number of amides is 1. The topological polar surface area (TPSA) is 54.7 Å². The van der Waals surface area contributed by atoms with Gasteiger partial charge in [-0.05, 0) is 51.9 Å². The third-order valence-corrected chi connectivity index (χ3v) is 5.14.